The van der Waals surface area contributed by atoms with Crippen LogP contribution >= 0.6 is 11.8 Å². The van der Waals surface area contributed by atoms with Gasteiger partial charge in [-0.25, -0.2) is 0 Å². The number of nitrogens with zero attached hydrogens (tertiary/aromatic N) is 1. The third-order valence-electron chi connectivity index (χ3n) is 3.54. The zero-order valence-electron chi connectivity index (χ0n) is 14.3. The van der Waals surface area contributed by atoms with E-state index < -0.39 is 0 Å². The van der Waals surface area contributed by atoms with Gasteiger partial charge in [0.25, 0.3) is 0 Å². The summed E-state index contributed by atoms with van der Waals surface area (Å²) in [6.07, 6.45) is 3.66. The molecule has 1 aromatic carbocycles. The molecule has 0 aliphatic carbocycles. The van der Waals surface area contributed by atoms with Crippen molar-refractivity contribution in [3.8, 4) is 0 Å². The van der Waals surface area contributed by atoms with Crippen molar-refractivity contribution >= 4 is 23.6 Å². The fourth-order valence-corrected chi connectivity index (χ4v) is 2.92. The summed E-state index contributed by atoms with van der Waals surface area (Å²) in [5.41, 5.74) is 3.44. The van der Waals surface area contributed by atoms with E-state index in [1.54, 1.807) is 24.2 Å². The molecule has 2 aromatic rings. The fourth-order valence-electron chi connectivity index (χ4n) is 2.10. The predicted molar refractivity (Wildman–Crippen MR) is 101 cm³/mol. The van der Waals surface area contributed by atoms with E-state index in [2.05, 4.69) is 46.8 Å². The molecule has 2 N–H and O–H groups in total. The second-order valence-corrected chi connectivity index (χ2v) is 6.70. The molecule has 1 aromatic heterocycles. The van der Waals surface area contributed by atoms with E-state index in [9.17, 15) is 9.59 Å². The number of pyridine rings is 1. The molecule has 1 heterocycles. The van der Waals surface area contributed by atoms with E-state index in [1.807, 2.05) is 12.1 Å². The highest BCUT2D eigenvalue weighted by Gasteiger charge is 2.05. The number of carbonyl (C=O) groups excluding carboxylic acids is 2. The lowest BCUT2D eigenvalue weighted by Gasteiger charge is -2.07. The number of rotatable bonds is 9. The molecule has 25 heavy (non-hydrogen) atoms. The van der Waals surface area contributed by atoms with Gasteiger partial charge in [-0.05, 0) is 30.2 Å². The Balaban J connectivity index is 1.54. The monoisotopic (exact) mass is 357 g/mol. The number of amides is 2. The largest absolute Gasteiger partial charge is 0.355 e. The van der Waals surface area contributed by atoms with Crippen molar-refractivity contribution in [2.45, 2.75) is 25.6 Å². The van der Waals surface area contributed by atoms with Crippen molar-refractivity contribution in [1.82, 2.24) is 15.6 Å². The smallest absolute Gasteiger partial charge is 0.230 e. The fraction of sp³-hybridized carbons (Fsp3) is 0.316. The summed E-state index contributed by atoms with van der Waals surface area (Å²) < 4.78 is 0. The molecule has 0 spiro atoms. The van der Waals surface area contributed by atoms with E-state index in [-0.39, 0.29) is 18.2 Å². The van der Waals surface area contributed by atoms with Gasteiger partial charge in [-0.15, -0.1) is 11.8 Å². The molecule has 0 radical (unpaired) electrons. The number of hydrogen-bond acceptors (Lipinski definition) is 4. The first-order valence-corrected chi connectivity index (χ1v) is 9.34. The van der Waals surface area contributed by atoms with E-state index in [1.165, 1.54) is 11.1 Å². The highest BCUT2D eigenvalue weighted by atomic mass is 32.2. The third kappa shape index (κ3) is 7.85. The Morgan fingerprint density at radius 1 is 0.960 bits per heavy atom. The van der Waals surface area contributed by atoms with Crippen LogP contribution in [0, 0.1) is 6.92 Å². The molecule has 6 heteroatoms. The lowest BCUT2D eigenvalue weighted by molar-refractivity contribution is -0.121. The third-order valence-corrected chi connectivity index (χ3v) is 4.54. The number of hydrogen-bond donors (Lipinski definition) is 2. The molecule has 132 valence electrons. The van der Waals surface area contributed by atoms with Crippen molar-refractivity contribution in [1.29, 1.82) is 0 Å². The van der Waals surface area contributed by atoms with Crippen LogP contribution in [0.25, 0.3) is 0 Å². The molecule has 0 aliphatic rings. The maximum Gasteiger partial charge on any atom is 0.230 e. The van der Waals surface area contributed by atoms with Crippen molar-refractivity contribution in [2.75, 3.05) is 12.3 Å². The van der Waals surface area contributed by atoms with Crippen LogP contribution in [0.1, 0.15) is 23.1 Å². The SMILES string of the molecule is Cc1ccc(CSCC(=O)NCCC(=O)NCc2ccncc2)cc1. The summed E-state index contributed by atoms with van der Waals surface area (Å²) >= 11 is 1.57. The molecular formula is C19H23N3O2S. The Bertz CT molecular complexity index is 675. The summed E-state index contributed by atoms with van der Waals surface area (Å²) in [6, 6.07) is 12.0. The van der Waals surface area contributed by atoms with Gasteiger partial charge in [0.05, 0.1) is 5.75 Å². The lowest BCUT2D eigenvalue weighted by Crippen LogP contribution is -2.31. The van der Waals surface area contributed by atoms with Gasteiger partial charge in [0.15, 0.2) is 0 Å². The maximum atomic E-state index is 11.8. The standard InChI is InChI=1S/C19H23N3O2S/c1-15-2-4-17(5-3-15)13-25-14-19(24)21-11-8-18(23)22-12-16-6-9-20-10-7-16/h2-7,9-10H,8,11-14H2,1H3,(H,21,24)(H,22,23). The number of carbonyl (C=O) groups is 2. The van der Waals surface area contributed by atoms with Gasteiger partial charge in [-0.1, -0.05) is 29.8 Å². The second-order valence-electron chi connectivity index (χ2n) is 5.71. The zero-order chi connectivity index (χ0) is 17.9. The average molecular weight is 357 g/mol. The molecule has 0 atom stereocenters. The quantitative estimate of drug-likeness (QED) is 0.723. The lowest BCUT2D eigenvalue weighted by atomic mass is 10.2. The first-order valence-electron chi connectivity index (χ1n) is 8.19. The molecule has 5 nitrogen and oxygen atoms in total. The van der Waals surface area contributed by atoms with Crippen LogP contribution in [0.4, 0.5) is 0 Å². The minimum atomic E-state index is -0.0792. The summed E-state index contributed by atoms with van der Waals surface area (Å²) in [5.74, 6) is 1.08. The van der Waals surface area contributed by atoms with E-state index in [0.717, 1.165) is 11.3 Å². The molecule has 0 saturated heterocycles. The van der Waals surface area contributed by atoms with E-state index in [4.69, 9.17) is 0 Å². The van der Waals surface area contributed by atoms with Gasteiger partial charge in [-0.2, -0.15) is 0 Å². The molecule has 0 fully saturated rings. The number of benzene rings is 1. The Hall–Kier alpha value is -2.34. The predicted octanol–water partition coefficient (Wildman–Crippen LogP) is 2.45. The second kappa shape index (κ2) is 10.5. The molecule has 0 bridgehead atoms. The Morgan fingerprint density at radius 3 is 2.40 bits per heavy atom. The van der Waals surface area contributed by atoms with Crippen molar-refractivity contribution in [3.05, 3.63) is 65.5 Å². The van der Waals surface area contributed by atoms with Gasteiger partial charge in [0, 0.05) is 37.7 Å². The summed E-state index contributed by atoms with van der Waals surface area (Å²) in [6.45, 7) is 2.88. The van der Waals surface area contributed by atoms with Crippen LogP contribution in [0.5, 0.6) is 0 Å². The molecule has 0 unspecified atom stereocenters. The first-order chi connectivity index (χ1) is 12.1. The van der Waals surface area contributed by atoms with Gasteiger partial charge in [0.2, 0.25) is 11.8 Å². The topological polar surface area (TPSA) is 71.1 Å². The summed E-state index contributed by atoms with van der Waals surface area (Å²) in [4.78, 5) is 27.4. The summed E-state index contributed by atoms with van der Waals surface area (Å²) in [5, 5.41) is 5.60. The average Bonchev–Trinajstić information content (AvgIpc) is 2.62. The molecule has 2 rings (SSSR count). The number of aryl methyl sites for hydroxylation is 1. The van der Waals surface area contributed by atoms with E-state index >= 15 is 0 Å². The van der Waals surface area contributed by atoms with Gasteiger partial charge >= 0.3 is 0 Å². The number of nitrogens with one attached hydrogen (secondary N) is 2. The highest BCUT2D eigenvalue weighted by Crippen LogP contribution is 2.12. The Kier molecular flexibility index (Phi) is 7.98. The number of aromatic nitrogens is 1. The Morgan fingerprint density at radius 2 is 1.68 bits per heavy atom. The molecule has 0 saturated carbocycles. The van der Waals surface area contributed by atoms with Crippen LogP contribution in [-0.2, 0) is 21.9 Å². The summed E-state index contributed by atoms with van der Waals surface area (Å²) in [7, 11) is 0. The van der Waals surface area contributed by atoms with Crippen LogP contribution in [0.2, 0.25) is 0 Å². The number of thioether (sulfide) groups is 1. The van der Waals surface area contributed by atoms with Gasteiger partial charge < -0.3 is 10.6 Å². The minimum absolute atomic E-state index is 0.0426. The zero-order valence-corrected chi connectivity index (χ0v) is 15.1. The van der Waals surface area contributed by atoms with Crippen LogP contribution in [0.15, 0.2) is 48.8 Å². The van der Waals surface area contributed by atoms with Gasteiger partial charge in [0.1, 0.15) is 0 Å². The van der Waals surface area contributed by atoms with E-state index in [0.29, 0.717) is 18.8 Å². The normalized spacial score (nSPS) is 10.3. The van der Waals surface area contributed by atoms with Crippen molar-refractivity contribution < 1.29 is 9.59 Å². The van der Waals surface area contributed by atoms with Crippen molar-refractivity contribution in [3.63, 3.8) is 0 Å². The minimum Gasteiger partial charge on any atom is -0.355 e. The highest BCUT2D eigenvalue weighted by molar-refractivity contribution is 7.99. The van der Waals surface area contributed by atoms with Gasteiger partial charge in [-0.3, -0.25) is 14.6 Å². The maximum absolute atomic E-state index is 11.8. The van der Waals surface area contributed by atoms with Crippen LogP contribution in [-0.4, -0.2) is 29.1 Å². The first kappa shape index (κ1) is 19.0. The molecule has 2 amide bonds. The van der Waals surface area contributed by atoms with Crippen LogP contribution in [0.3, 0.4) is 0 Å². The van der Waals surface area contributed by atoms with Crippen molar-refractivity contribution in [2.24, 2.45) is 0 Å². The van der Waals surface area contributed by atoms with Crippen LogP contribution < -0.4 is 10.6 Å². The Labute approximate surface area is 152 Å². The molecule has 0 aliphatic heterocycles. The molecular weight excluding hydrogens is 334 g/mol.